The van der Waals surface area contributed by atoms with E-state index in [0.29, 0.717) is 5.69 Å². The molecule has 2 aromatic carbocycles. The van der Waals surface area contributed by atoms with E-state index in [9.17, 15) is 18.0 Å². The second kappa shape index (κ2) is 6.93. The van der Waals surface area contributed by atoms with Gasteiger partial charge in [0.1, 0.15) is 5.82 Å². The molecule has 4 rings (SSSR count). The second-order valence-electron chi connectivity index (χ2n) is 6.27. The van der Waals surface area contributed by atoms with Gasteiger partial charge in [-0.05, 0) is 30.3 Å². The quantitative estimate of drug-likeness (QED) is 0.541. The number of carbonyl (C=O) groups is 1. The van der Waals surface area contributed by atoms with Crippen LogP contribution in [0.25, 0.3) is 16.5 Å². The number of benzene rings is 2. The highest BCUT2D eigenvalue weighted by molar-refractivity contribution is 6.08. The van der Waals surface area contributed by atoms with Crippen LogP contribution in [0.5, 0.6) is 0 Å². The van der Waals surface area contributed by atoms with Gasteiger partial charge in [0.05, 0.1) is 11.3 Å². The van der Waals surface area contributed by atoms with E-state index in [-0.39, 0.29) is 17.2 Å². The molecule has 0 aliphatic carbocycles. The van der Waals surface area contributed by atoms with Crippen LogP contribution in [0.4, 0.5) is 24.7 Å². The van der Waals surface area contributed by atoms with Crippen LogP contribution >= 0.6 is 0 Å². The Morgan fingerprint density at radius 3 is 2.66 bits per heavy atom. The first-order valence-corrected chi connectivity index (χ1v) is 8.50. The first-order chi connectivity index (χ1) is 13.8. The normalized spacial score (nSPS) is 11.6. The Morgan fingerprint density at radius 1 is 1.07 bits per heavy atom. The minimum Gasteiger partial charge on any atom is -0.384 e. The minimum absolute atomic E-state index is 0.0222. The summed E-state index contributed by atoms with van der Waals surface area (Å²) in [5.41, 5.74) is 5.69. The molecule has 2 heterocycles. The molecule has 0 unspecified atom stereocenters. The highest BCUT2D eigenvalue weighted by Gasteiger charge is 2.30. The van der Waals surface area contributed by atoms with Crippen molar-refractivity contribution in [3.63, 3.8) is 0 Å². The number of nitrogen functional groups attached to an aromatic ring is 1. The molecule has 0 fully saturated rings. The molecule has 0 bridgehead atoms. The van der Waals surface area contributed by atoms with E-state index in [0.717, 1.165) is 27.6 Å². The molecule has 9 heteroatoms. The van der Waals surface area contributed by atoms with Gasteiger partial charge in [0.25, 0.3) is 5.91 Å². The van der Waals surface area contributed by atoms with Crippen molar-refractivity contribution in [1.82, 2.24) is 14.8 Å². The number of aromatic nitrogens is 3. The van der Waals surface area contributed by atoms with E-state index >= 15 is 0 Å². The van der Waals surface area contributed by atoms with E-state index in [4.69, 9.17) is 5.73 Å². The van der Waals surface area contributed by atoms with Crippen LogP contribution in [-0.4, -0.2) is 20.7 Å². The second-order valence-corrected chi connectivity index (χ2v) is 6.27. The third kappa shape index (κ3) is 3.62. The molecule has 146 valence electrons. The number of alkyl halides is 3. The maximum atomic E-state index is 13.0. The van der Waals surface area contributed by atoms with E-state index in [1.165, 1.54) is 18.2 Å². The summed E-state index contributed by atoms with van der Waals surface area (Å²) in [7, 11) is 0. The van der Waals surface area contributed by atoms with Crippen LogP contribution in [0.2, 0.25) is 0 Å². The Hall–Kier alpha value is -3.88. The van der Waals surface area contributed by atoms with Gasteiger partial charge in [-0.1, -0.05) is 18.2 Å². The van der Waals surface area contributed by atoms with Gasteiger partial charge in [-0.2, -0.15) is 18.3 Å². The summed E-state index contributed by atoms with van der Waals surface area (Å²) in [5.74, 6) is -0.497. The number of anilines is 2. The summed E-state index contributed by atoms with van der Waals surface area (Å²) in [4.78, 5) is 16.7. The van der Waals surface area contributed by atoms with Crippen molar-refractivity contribution in [1.29, 1.82) is 0 Å². The van der Waals surface area contributed by atoms with Crippen molar-refractivity contribution < 1.29 is 18.0 Å². The topological polar surface area (TPSA) is 85.8 Å². The molecular formula is C20H14F3N5O. The number of hydrogen-bond acceptors (Lipinski definition) is 4. The summed E-state index contributed by atoms with van der Waals surface area (Å²) < 4.78 is 40.0. The van der Waals surface area contributed by atoms with Gasteiger partial charge in [0, 0.05) is 34.9 Å². The summed E-state index contributed by atoms with van der Waals surface area (Å²) in [6.07, 6.45) is -1.22. The number of fused-ring (bicyclic) bond motifs is 1. The minimum atomic E-state index is -4.50. The first-order valence-electron chi connectivity index (χ1n) is 8.50. The largest absolute Gasteiger partial charge is 0.416 e. The molecule has 0 atom stereocenters. The Balaban J connectivity index is 1.65. The van der Waals surface area contributed by atoms with E-state index in [1.54, 1.807) is 30.6 Å². The van der Waals surface area contributed by atoms with Gasteiger partial charge < -0.3 is 11.1 Å². The SMILES string of the molecule is Nc1cc(C(=O)Nc2cccc3cnccc23)nn1-c1cccc(C(F)(F)F)c1. The van der Waals surface area contributed by atoms with Crippen molar-refractivity contribution in [2.75, 3.05) is 11.1 Å². The maximum Gasteiger partial charge on any atom is 0.416 e. The Kier molecular flexibility index (Phi) is 4.42. The molecule has 0 saturated heterocycles. The number of nitrogens with one attached hydrogen (secondary N) is 1. The average Bonchev–Trinajstić information content (AvgIpc) is 3.10. The third-order valence-electron chi connectivity index (χ3n) is 4.32. The third-order valence-corrected chi connectivity index (χ3v) is 4.32. The number of rotatable bonds is 3. The van der Waals surface area contributed by atoms with Crippen LogP contribution < -0.4 is 11.1 Å². The first kappa shape index (κ1) is 18.5. The van der Waals surface area contributed by atoms with Crippen molar-refractivity contribution in [2.24, 2.45) is 0 Å². The highest BCUT2D eigenvalue weighted by atomic mass is 19.4. The molecule has 0 aliphatic heterocycles. The van der Waals surface area contributed by atoms with E-state index in [2.05, 4.69) is 15.4 Å². The number of pyridine rings is 1. The number of amides is 1. The number of nitrogens with two attached hydrogens (primary N) is 1. The fraction of sp³-hybridized carbons (Fsp3) is 0.0500. The van der Waals surface area contributed by atoms with Gasteiger partial charge in [-0.25, -0.2) is 4.68 Å². The van der Waals surface area contributed by atoms with Crippen molar-refractivity contribution in [2.45, 2.75) is 6.18 Å². The molecule has 29 heavy (non-hydrogen) atoms. The molecule has 0 aliphatic rings. The Labute approximate surface area is 162 Å². The van der Waals surface area contributed by atoms with Gasteiger partial charge >= 0.3 is 6.18 Å². The molecule has 2 aromatic heterocycles. The van der Waals surface area contributed by atoms with E-state index in [1.807, 2.05) is 6.07 Å². The van der Waals surface area contributed by atoms with Crippen LogP contribution in [0.15, 0.2) is 67.0 Å². The zero-order valence-corrected chi connectivity index (χ0v) is 14.8. The van der Waals surface area contributed by atoms with Crippen molar-refractivity contribution in [3.8, 4) is 5.69 Å². The van der Waals surface area contributed by atoms with Crippen molar-refractivity contribution in [3.05, 3.63) is 78.2 Å². The number of nitrogens with zero attached hydrogens (tertiary/aromatic N) is 3. The molecule has 0 saturated carbocycles. The lowest BCUT2D eigenvalue weighted by molar-refractivity contribution is -0.137. The van der Waals surface area contributed by atoms with Crippen molar-refractivity contribution >= 4 is 28.2 Å². The molecule has 0 spiro atoms. The number of halogens is 3. The molecule has 3 N–H and O–H groups in total. The predicted molar refractivity (Wildman–Crippen MR) is 103 cm³/mol. The fourth-order valence-electron chi connectivity index (χ4n) is 2.95. The molecule has 1 amide bonds. The van der Waals surface area contributed by atoms with Crippen LogP contribution in [0.1, 0.15) is 16.1 Å². The van der Waals surface area contributed by atoms with Crippen LogP contribution in [0, 0.1) is 0 Å². The summed E-state index contributed by atoms with van der Waals surface area (Å²) in [5, 5.41) is 8.47. The fourth-order valence-corrected chi connectivity index (χ4v) is 2.95. The molecule has 0 radical (unpaired) electrons. The lowest BCUT2D eigenvalue weighted by Gasteiger charge is -2.09. The van der Waals surface area contributed by atoms with Gasteiger partial charge in [-0.3, -0.25) is 9.78 Å². The van der Waals surface area contributed by atoms with Gasteiger partial charge in [0.15, 0.2) is 5.69 Å². The Morgan fingerprint density at radius 2 is 1.86 bits per heavy atom. The predicted octanol–water partition coefficient (Wildman–Crippen LogP) is 4.27. The molecule has 4 aromatic rings. The zero-order chi connectivity index (χ0) is 20.6. The summed E-state index contributed by atoms with van der Waals surface area (Å²) in [6, 6.07) is 13.0. The lowest BCUT2D eigenvalue weighted by Crippen LogP contribution is -2.13. The van der Waals surface area contributed by atoms with Gasteiger partial charge in [-0.15, -0.1) is 0 Å². The van der Waals surface area contributed by atoms with Crippen LogP contribution in [0.3, 0.4) is 0 Å². The smallest absolute Gasteiger partial charge is 0.384 e. The number of hydrogen-bond donors (Lipinski definition) is 2. The number of carbonyl (C=O) groups excluding carboxylic acids is 1. The highest BCUT2D eigenvalue weighted by Crippen LogP contribution is 2.31. The van der Waals surface area contributed by atoms with Crippen LogP contribution in [-0.2, 0) is 6.18 Å². The summed E-state index contributed by atoms with van der Waals surface area (Å²) >= 11 is 0. The standard InChI is InChI=1S/C20H14F3N5O/c21-20(22,23)13-4-2-5-14(9-13)28-18(24)10-17(27-28)19(29)26-16-6-1-3-12-11-25-8-7-15(12)16/h1-11H,24H2,(H,26,29). The molecular weight excluding hydrogens is 383 g/mol. The maximum absolute atomic E-state index is 13.0. The summed E-state index contributed by atoms with van der Waals surface area (Å²) in [6.45, 7) is 0. The Bertz CT molecular complexity index is 1210. The average molecular weight is 397 g/mol. The lowest BCUT2D eigenvalue weighted by atomic mass is 10.1. The monoisotopic (exact) mass is 397 g/mol. The molecule has 6 nitrogen and oxygen atoms in total. The van der Waals surface area contributed by atoms with E-state index < -0.39 is 17.6 Å². The van der Waals surface area contributed by atoms with Gasteiger partial charge in [0.2, 0.25) is 0 Å². The zero-order valence-electron chi connectivity index (χ0n) is 14.8.